The molecule has 0 fully saturated rings. The fourth-order valence-electron chi connectivity index (χ4n) is 12.4. The van der Waals surface area contributed by atoms with Crippen LogP contribution in [0.3, 0.4) is 0 Å². The minimum absolute atomic E-state index is 0.589. The molecule has 0 atom stereocenters. The van der Waals surface area contributed by atoms with Gasteiger partial charge in [-0.05, 0) is 164 Å². The van der Waals surface area contributed by atoms with E-state index in [4.69, 9.17) is 9.97 Å². The summed E-state index contributed by atoms with van der Waals surface area (Å²) in [5, 5.41) is 7.01. The summed E-state index contributed by atoms with van der Waals surface area (Å²) in [6.07, 6.45) is 0. The topological polar surface area (TPSA) is 34.0 Å². The van der Waals surface area contributed by atoms with Crippen LogP contribution in [-0.4, -0.2) is 14.5 Å². The SMILES string of the molecule is c1ccc(N(c2ccc(-c3nc4ccccc4s3)cc2)c2ccc3c(c2)C2(c4ccccc4-c4ccccc42)c2cc(-n4c5ccc(-c6nc7ccccc7s6)cc5c5c6ccccc6ccc54)ccc2-3)cc1. The molecule has 2 aliphatic carbocycles. The van der Waals surface area contributed by atoms with Crippen molar-refractivity contribution in [1.29, 1.82) is 0 Å². The normalized spacial score (nSPS) is 13.0. The van der Waals surface area contributed by atoms with Gasteiger partial charge in [0.2, 0.25) is 0 Å². The number of aromatic nitrogens is 3. The van der Waals surface area contributed by atoms with Crippen molar-refractivity contribution in [2.45, 2.75) is 5.41 Å². The minimum atomic E-state index is -0.589. The highest BCUT2D eigenvalue weighted by atomic mass is 32.1. The van der Waals surface area contributed by atoms with Gasteiger partial charge in [0.15, 0.2) is 0 Å². The molecule has 3 heterocycles. The van der Waals surface area contributed by atoms with Crippen molar-refractivity contribution in [1.82, 2.24) is 14.5 Å². The van der Waals surface area contributed by atoms with Crippen LogP contribution in [0.4, 0.5) is 17.1 Å². The molecule has 16 rings (SSSR count). The Labute approximate surface area is 429 Å². The van der Waals surface area contributed by atoms with E-state index in [-0.39, 0.29) is 0 Å². The highest BCUT2D eigenvalue weighted by Crippen LogP contribution is 2.64. The number of anilines is 3. The maximum Gasteiger partial charge on any atom is 0.124 e. The van der Waals surface area contributed by atoms with E-state index in [9.17, 15) is 0 Å². The molecule has 0 unspecified atom stereocenters. The monoisotopic (exact) mass is 964 g/mol. The molecule has 1 spiro atoms. The first-order valence-electron chi connectivity index (χ1n) is 24.8. The predicted octanol–water partition coefficient (Wildman–Crippen LogP) is 18.3. The lowest BCUT2D eigenvalue weighted by Gasteiger charge is -2.32. The Bertz CT molecular complexity index is 4470. The quantitative estimate of drug-likeness (QED) is 0.167. The summed E-state index contributed by atoms with van der Waals surface area (Å²) >= 11 is 3.49. The van der Waals surface area contributed by atoms with E-state index in [0.717, 1.165) is 54.9 Å². The molecule has 11 aromatic carbocycles. The Morgan fingerprint density at radius 2 is 0.918 bits per heavy atom. The fraction of sp³-hybridized carbons (Fsp3) is 0.0149. The Morgan fingerprint density at radius 3 is 1.64 bits per heavy atom. The van der Waals surface area contributed by atoms with Gasteiger partial charge in [-0.25, -0.2) is 9.97 Å². The van der Waals surface area contributed by atoms with Crippen molar-refractivity contribution in [2.75, 3.05) is 4.90 Å². The minimum Gasteiger partial charge on any atom is -0.310 e. The summed E-state index contributed by atoms with van der Waals surface area (Å²) in [7, 11) is 0. The molecule has 14 aromatic rings. The molecule has 0 saturated heterocycles. The van der Waals surface area contributed by atoms with Crippen LogP contribution >= 0.6 is 22.7 Å². The molecule has 0 amide bonds. The van der Waals surface area contributed by atoms with Crippen molar-refractivity contribution in [2.24, 2.45) is 0 Å². The van der Waals surface area contributed by atoms with E-state index in [2.05, 4.69) is 252 Å². The highest BCUT2D eigenvalue weighted by molar-refractivity contribution is 7.22. The summed E-state index contributed by atoms with van der Waals surface area (Å²) in [6.45, 7) is 0. The van der Waals surface area contributed by atoms with Crippen molar-refractivity contribution >= 4 is 92.7 Å². The third-order valence-electron chi connectivity index (χ3n) is 15.4. The first kappa shape index (κ1) is 40.8. The van der Waals surface area contributed by atoms with Crippen LogP contribution in [-0.2, 0) is 5.41 Å². The van der Waals surface area contributed by atoms with Crippen LogP contribution in [0.2, 0.25) is 0 Å². The Kier molecular flexibility index (Phi) is 8.67. The van der Waals surface area contributed by atoms with Crippen molar-refractivity contribution in [3.8, 4) is 49.1 Å². The van der Waals surface area contributed by atoms with Gasteiger partial charge in [-0.2, -0.15) is 0 Å². The lowest BCUT2D eigenvalue weighted by molar-refractivity contribution is 0.792. The van der Waals surface area contributed by atoms with Gasteiger partial charge in [-0.3, -0.25) is 0 Å². The molecule has 0 aliphatic heterocycles. The first-order chi connectivity index (χ1) is 36.2. The maximum atomic E-state index is 5.11. The standard InChI is InChI=1S/C67H40N4S2/c1-2-15-44(16-3-1)70(45-30-26-42(27-31-45)65-68-58-22-10-12-24-62(58)72-65)46-32-34-51-52-35-33-47(40-57(52)67(56(51)39-46)54-20-8-6-18-49(54)50-19-7-9-21-55(50)67)71-60-36-29-43(66-69-59-23-11-13-25-63(59)73-66)38-53(60)64-48-17-5-4-14-41(48)28-37-61(64)71/h1-40H. The zero-order valence-electron chi connectivity index (χ0n) is 39.2. The van der Waals surface area contributed by atoms with Crippen molar-refractivity contribution in [3.63, 3.8) is 0 Å². The maximum absolute atomic E-state index is 5.11. The van der Waals surface area contributed by atoms with E-state index in [0.29, 0.717) is 0 Å². The third kappa shape index (κ3) is 5.87. The number of rotatable bonds is 6. The van der Waals surface area contributed by atoms with Crippen molar-refractivity contribution in [3.05, 3.63) is 265 Å². The highest BCUT2D eigenvalue weighted by Gasteiger charge is 2.52. The van der Waals surface area contributed by atoms with Crippen LogP contribution in [0.1, 0.15) is 22.3 Å². The van der Waals surface area contributed by atoms with Crippen molar-refractivity contribution < 1.29 is 0 Å². The molecule has 0 radical (unpaired) electrons. The lowest BCUT2D eigenvalue weighted by atomic mass is 9.70. The summed E-state index contributed by atoms with van der Waals surface area (Å²) in [4.78, 5) is 12.5. The molecule has 4 nitrogen and oxygen atoms in total. The largest absolute Gasteiger partial charge is 0.310 e. The summed E-state index contributed by atoms with van der Waals surface area (Å²) < 4.78 is 4.90. The van der Waals surface area contributed by atoms with Gasteiger partial charge in [0.05, 0.1) is 36.9 Å². The van der Waals surface area contributed by atoms with Crippen LogP contribution in [0, 0.1) is 0 Å². The molecule has 6 heteroatoms. The number of thiazole rings is 2. The average Bonchev–Trinajstić information content (AvgIpc) is 4.28. The van der Waals surface area contributed by atoms with Crippen LogP contribution in [0.15, 0.2) is 243 Å². The number of nitrogens with zero attached hydrogens (tertiary/aromatic N) is 4. The number of para-hydroxylation sites is 3. The molecule has 73 heavy (non-hydrogen) atoms. The second-order valence-electron chi connectivity index (χ2n) is 19.2. The first-order valence-corrected chi connectivity index (χ1v) is 26.4. The van der Waals surface area contributed by atoms with Crippen LogP contribution < -0.4 is 4.90 Å². The van der Waals surface area contributed by atoms with Gasteiger partial charge in [-0.15, -0.1) is 22.7 Å². The summed E-state index contributed by atoms with van der Waals surface area (Å²) in [5.74, 6) is 0. The second kappa shape index (κ2) is 15.5. The Balaban J connectivity index is 0.911. The van der Waals surface area contributed by atoms with E-state index in [1.165, 1.54) is 86.5 Å². The lowest BCUT2D eigenvalue weighted by Crippen LogP contribution is -2.26. The molecule has 340 valence electrons. The molecule has 0 bridgehead atoms. The smallest absolute Gasteiger partial charge is 0.124 e. The molecule has 2 aliphatic rings. The fourth-order valence-corrected chi connectivity index (χ4v) is 14.3. The van der Waals surface area contributed by atoms with E-state index >= 15 is 0 Å². The Hall–Kier alpha value is -8.94. The number of hydrogen-bond acceptors (Lipinski definition) is 5. The second-order valence-corrected chi connectivity index (χ2v) is 21.3. The van der Waals surface area contributed by atoms with Gasteiger partial charge in [0, 0.05) is 44.6 Å². The van der Waals surface area contributed by atoms with Gasteiger partial charge in [0.1, 0.15) is 10.0 Å². The molecule has 0 N–H and O–H groups in total. The Morgan fingerprint density at radius 1 is 0.370 bits per heavy atom. The van der Waals surface area contributed by atoms with Crippen LogP contribution in [0.5, 0.6) is 0 Å². The van der Waals surface area contributed by atoms with Crippen LogP contribution in [0.25, 0.3) is 102 Å². The number of fused-ring (bicyclic) bond motifs is 17. The van der Waals surface area contributed by atoms with E-state index < -0.39 is 5.41 Å². The average molecular weight is 965 g/mol. The van der Waals surface area contributed by atoms with Gasteiger partial charge >= 0.3 is 0 Å². The molecular formula is C67H40N4S2. The van der Waals surface area contributed by atoms with Gasteiger partial charge in [0.25, 0.3) is 0 Å². The molecule has 3 aromatic heterocycles. The zero-order chi connectivity index (χ0) is 47.8. The summed E-state index contributed by atoms with van der Waals surface area (Å²) in [6, 6.07) is 89.6. The summed E-state index contributed by atoms with van der Waals surface area (Å²) in [5.41, 5.74) is 20.8. The number of hydrogen-bond donors (Lipinski definition) is 0. The molecule has 0 saturated carbocycles. The van der Waals surface area contributed by atoms with E-state index in [1.54, 1.807) is 22.7 Å². The zero-order valence-corrected chi connectivity index (χ0v) is 40.8. The predicted molar refractivity (Wildman–Crippen MR) is 306 cm³/mol. The van der Waals surface area contributed by atoms with E-state index in [1.807, 2.05) is 0 Å². The third-order valence-corrected chi connectivity index (χ3v) is 17.6. The molecular weight excluding hydrogens is 925 g/mol. The number of benzene rings is 11. The van der Waals surface area contributed by atoms with Gasteiger partial charge < -0.3 is 9.47 Å². The van der Waals surface area contributed by atoms with Gasteiger partial charge in [-0.1, -0.05) is 133 Å².